The lowest BCUT2D eigenvalue weighted by Gasteiger charge is -2.32. The number of carbonyl (C=O) groups excluding carboxylic acids is 1. The average molecular weight is 689 g/mol. The lowest BCUT2D eigenvalue weighted by atomic mass is 10.1. The van der Waals surface area contributed by atoms with Crippen LogP contribution in [0.2, 0.25) is 5.02 Å². The van der Waals surface area contributed by atoms with E-state index >= 15 is 4.39 Å². The molecular weight excluding hydrogens is 656 g/mol. The molecule has 0 spiro atoms. The highest BCUT2D eigenvalue weighted by molar-refractivity contribution is 6.31. The Kier molecular flexibility index (Phi) is 10.9. The second kappa shape index (κ2) is 15.0. The number of alkyl halides is 3. The number of nitrogens with two attached hydrogens (primary N) is 1. The van der Waals surface area contributed by atoms with E-state index in [4.69, 9.17) is 31.5 Å². The summed E-state index contributed by atoms with van der Waals surface area (Å²) in [5, 5.41) is 4.41. The number of pyridine rings is 1. The van der Waals surface area contributed by atoms with Crippen LogP contribution in [0.15, 0.2) is 65.9 Å². The van der Waals surface area contributed by atoms with Crippen molar-refractivity contribution >= 4 is 40.4 Å². The molecule has 2 heterocycles. The van der Waals surface area contributed by atoms with Gasteiger partial charge in [0.2, 0.25) is 0 Å². The minimum Gasteiger partial charge on any atom is -0.493 e. The van der Waals surface area contributed by atoms with E-state index in [0.717, 1.165) is 63.6 Å². The highest BCUT2D eigenvalue weighted by atomic mass is 35.5. The van der Waals surface area contributed by atoms with Gasteiger partial charge in [0.25, 0.3) is 0 Å². The van der Waals surface area contributed by atoms with Crippen LogP contribution in [0.1, 0.15) is 17.5 Å². The number of hydrazone groups is 1. The number of hydrogen-bond acceptors (Lipinski definition) is 8. The summed E-state index contributed by atoms with van der Waals surface area (Å²) in [4.78, 5) is 21.1. The van der Waals surface area contributed by atoms with Gasteiger partial charge in [-0.1, -0.05) is 11.6 Å². The van der Waals surface area contributed by atoms with E-state index in [-0.39, 0.29) is 17.0 Å². The Hall–Kier alpha value is -4.66. The molecule has 4 aromatic rings. The minimum absolute atomic E-state index is 0.123. The van der Waals surface area contributed by atoms with Crippen LogP contribution in [0, 0.1) is 5.82 Å². The maximum Gasteiger partial charge on any atom is 0.417 e. The number of anilines is 1. The number of hydrogen-bond donors (Lipinski definition) is 1. The molecule has 1 aliphatic rings. The molecule has 0 radical (unpaired) electrons. The SMILES string of the molecule is COc1cc2c(Oc3ccc(/C=N/N(C(N)=O)c4ccc(Cl)c(C(F)(F)F)c4)cc3F)ccnc2cc1OCCCN1CCN(C)CC1. The molecule has 1 aliphatic heterocycles. The number of halogens is 5. The summed E-state index contributed by atoms with van der Waals surface area (Å²) in [6.45, 7) is 5.60. The monoisotopic (exact) mass is 688 g/mol. The van der Waals surface area contributed by atoms with Gasteiger partial charge in [-0.15, -0.1) is 0 Å². The fraction of sp³-hybridized carbons (Fsp3) is 0.303. The van der Waals surface area contributed by atoms with Gasteiger partial charge in [0.15, 0.2) is 23.1 Å². The molecule has 254 valence electrons. The van der Waals surface area contributed by atoms with Crippen molar-refractivity contribution in [1.29, 1.82) is 0 Å². The van der Waals surface area contributed by atoms with Crippen LogP contribution in [-0.2, 0) is 6.18 Å². The third kappa shape index (κ3) is 8.43. The molecule has 2 amide bonds. The molecule has 1 saturated heterocycles. The van der Waals surface area contributed by atoms with E-state index in [1.54, 1.807) is 18.2 Å². The van der Waals surface area contributed by atoms with Gasteiger partial charge in [0.05, 0.1) is 41.7 Å². The van der Waals surface area contributed by atoms with Crippen LogP contribution < -0.4 is 25.0 Å². The number of amides is 2. The fourth-order valence-electron chi connectivity index (χ4n) is 5.07. The topological polar surface area (TPSA) is 106 Å². The van der Waals surface area contributed by atoms with Crippen molar-refractivity contribution in [1.82, 2.24) is 14.8 Å². The number of likely N-dealkylation sites (N-methyl/N-ethyl adjacent to an activating group) is 1. The van der Waals surface area contributed by atoms with Crippen molar-refractivity contribution in [2.45, 2.75) is 12.6 Å². The number of ether oxygens (including phenoxy) is 3. The molecule has 1 aromatic heterocycles. The van der Waals surface area contributed by atoms with E-state index in [0.29, 0.717) is 45.8 Å². The van der Waals surface area contributed by atoms with Crippen LogP contribution in [0.3, 0.4) is 0 Å². The second-order valence-corrected chi connectivity index (χ2v) is 11.4. The first kappa shape index (κ1) is 34.7. The van der Waals surface area contributed by atoms with Crippen molar-refractivity contribution < 1.29 is 36.6 Å². The normalized spacial score (nSPS) is 14.4. The zero-order valence-electron chi connectivity index (χ0n) is 26.1. The number of benzene rings is 3. The summed E-state index contributed by atoms with van der Waals surface area (Å²) in [5.74, 6) is 0.410. The van der Waals surface area contributed by atoms with Crippen LogP contribution in [0.5, 0.6) is 23.0 Å². The van der Waals surface area contributed by atoms with Gasteiger partial charge in [-0.2, -0.15) is 23.3 Å². The van der Waals surface area contributed by atoms with Crippen molar-refractivity contribution in [3.8, 4) is 23.0 Å². The molecule has 15 heteroatoms. The predicted octanol–water partition coefficient (Wildman–Crippen LogP) is 6.78. The number of rotatable bonds is 11. The van der Waals surface area contributed by atoms with Crippen LogP contribution in [-0.4, -0.2) is 80.5 Å². The lowest BCUT2D eigenvalue weighted by Crippen LogP contribution is -2.44. The molecule has 3 aromatic carbocycles. The molecule has 0 saturated carbocycles. The third-order valence-corrected chi connectivity index (χ3v) is 8.00. The molecule has 5 rings (SSSR count). The molecular formula is C33H33ClF4N6O4. The molecule has 0 bridgehead atoms. The Morgan fingerprint density at radius 1 is 1.04 bits per heavy atom. The maximum absolute atomic E-state index is 15.2. The van der Waals surface area contributed by atoms with Gasteiger partial charge in [0, 0.05) is 50.4 Å². The highest BCUT2D eigenvalue weighted by Crippen LogP contribution is 2.39. The Morgan fingerprint density at radius 2 is 1.81 bits per heavy atom. The molecule has 1 fully saturated rings. The summed E-state index contributed by atoms with van der Waals surface area (Å²) in [6, 6.07) is 10.5. The molecule has 0 atom stereocenters. The Bertz CT molecular complexity index is 1800. The summed E-state index contributed by atoms with van der Waals surface area (Å²) < 4.78 is 72.7. The van der Waals surface area contributed by atoms with Crippen molar-refractivity contribution in [2.75, 3.05) is 58.5 Å². The van der Waals surface area contributed by atoms with Crippen LogP contribution >= 0.6 is 11.6 Å². The Morgan fingerprint density at radius 3 is 2.50 bits per heavy atom. The first-order valence-corrected chi connectivity index (χ1v) is 15.3. The van der Waals surface area contributed by atoms with Gasteiger partial charge in [-0.25, -0.2) is 9.18 Å². The summed E-state index contributed by atoms with van der Waals surface area (Å²) >= 11 is 5.67. The third-order valence-electron chi connectivity index (χ3n) is 7.67. The number of carbonyl (C=O) groups is 1. The van der Waals surface area contributed by atoms with Crippen molar-refractivity contribution in [2.24, 2.45) is 10.8 Å². The van der Waals surface area contributed by atoms with E-state index in [1.807, 2.05) is 0 Å². The summed E-state index contributed by atoms with van der Waals surface area (Å²) in [5.41, 5.74) is 4.62. The minimum atomic E-state index is -4.77. The van der Waals surface area contributed by atoms with Gasteiger partial charge >= 0.3 is 12.2 Å². The number of methoxy groups -OCH3 is 1. The Balaban J connectivity index is 1.29. The molecule has 48 heavy (non-hydrogen) atoms. The molecule has 10 nitrogen and oxygen atoms in total. The summed E-state index contributed by atoms with van der Waals surface area (Å²) in [6.07, 6.45) is -1.33. The van der Waals surface area contributed by atoms with E-state index < -0.39 is 28.6 Å². The smallest absolute Gasteiger partial charge is 0.417 e. The van der Waals surface area contributed by atoms with Crippen LogP contribution in [0.4, 0.5) is 28.0 Å². The number of primary amides is 1. The van der Waals surface area contributed by atoms with E-state index in [9.17, 15) is 18.0 Å². The van der Waals surface area contributed by atoms with E-state index in [2.05, 4.69) is 26.9 Å². The van der Waals surface area contributed by atoms with Gasteiger partial charge in [0.1, 0.15) is 5.75 Å². The molecule has 0 aliphatic carbocycles. The van der Waals surface area contributed by atoms with Gasteiger partial charge < -0.3 is 29.7 Å². The number of nitrogens with zero attached hydrogens (tertiary/aromatic N) is 5. The first-order chi connectivity index (χ1) is 22.9. The zero-order chi connectivity index (χ0) is 34.4. The van der Waals surface area contributed by atoms with E-state index in [1.165, 1.54) is 25.4 Å². The summed E-state index contributed by atoms with van der Waals surface area (Å²) in [7, 11) is 3.65. The average Bonchev–Trinajstić information content (AvgIpc) is 3.05. The number of piperazine rings is 1. The number of fused-ring (bicyclic) bond motifs is 1. The number of urea groups is 1. The fourth-order valence-corrected chi connectivity index (χ4v) is 5.29. The predicted molar refractivity (Wildman–Crippen MR) is 175 cm³/mol. The Labute approximate surface area is 279 Å². The molecule has 0 unspecified atom stereocenters. The highest BCUT2D eigenvalue weighted by Gasteiger charge is 2.34. The first-order valence-electron chi connectivity index (χ1n) is 14.9. The lowest BCUT2D eigenvalue weighted by molar-refractivity contribution is -0.137. The standard InChI is InChI=1S/C33H33ClF4N6O4/c1-42-11-13-43(14-12-42)10-3-15-47-31-19-27-23(18-30(31)46-2)28(8-9-40-27)48-29-7-4-21(16-26(29)35)20-41-44(32(39)45)22-5-6-25(34)24(17-22)33(36,37)38/h4-9,16-20H,3,10-15H2,1-2H3,(H2,39,45)/b41-20+. The maximum atomic E-state index is 15.2. The van der Waals surface area contributed by atoms with Crippen molar-refractivity contribution in [3.63, 3.8) is 0 Å². The van der Waals surface area contributed by atoms with Crippen LogP contribution in [0.25, 0.3) is 10.9 Å². The largest absolute Gasteiger partial charge is 0.493 e. The van der Waals surface area contributed by atoms with Gasteiger partial charge in [-0.05, 0) is 67.6 Å². The molecule has 2 N–H and O–H groups in total. The van der Waals surface area contributed by atoms with Crippen molar-refractivity contribution in [3.05, 3.63) is 82.8 Å². The quantitative estimate of drug-likeness (QED) is 0.0802. The second-order valence-electron chi connectivity index (χ2n) is 11.0. The number of aromatic nitrogens is 1. The zero-order valence-corrected chi connectivity index (χ0v) is 26.9. The van der Waals surface area contributed by atoms with Gasteiger partial charge in [-0.3, -0.25) is 4.98 Å².